The molecule has 3 heterocycles. The van der Waals surface area contributed by atoms with Crippen LogP contribution in [0.15, 0.2) is 66.0 Å². The van der Waals surface area contributed by atoms with Gasteiger partial charge in [-0.1, -0.05) is 13.8 Å². The van der Waals surface area contributed by atoms with Gasteiger partial charge in [0, 0.05) is 50.0 Å². The van der Waals surface area contributed by atoms with Crippen LogP contribution in [-0.4, -0.2) is 58.6 Å². The normalized spacial score (nSPS) is 17.6. The van der Waals surface area contributed by atoms with Crippen LogP contribution in [0.5, 0.6) is 0 Å². The van der Waals surface area contributed by atoms with Crippen LogP contribution >= 0.6 is 0 Å². The van der Waals surface area contributed by atoms with Crippen molar-refractivity contribution in [1.82, 2.24) is 24.0 Å². The van der Waals surface area contributed by atoms with E-state index in [2.05, 4.69) is 47.9 Å². The van der Waals surface area contributed by atoms with Crippen molar-refractivity contribution < 1.29 is 12.8 Å². The molecular weight excluding hydrogens is 489 g/mol. The second-order valence-electron chi connectivity index (χ2n) is 10.2. The molecular formula is C28H32FN5O2S. The molecule has 1 saturated heterocycles. The van der Waals surface area contributed by atoms with Gasteiger partial charge in [0.2, 0.25) is 10.0 Å². The predicted molar refractivity (Wildman–Crippen MR) is 143 cm³/mol. The zero-order valence-corrected chi connectivity index (χ0v) is 22.4. The van der Waals surface area contributed by atoms with Gasteiger partial charge in [-0.15, -0.1) is 0 Å². The highest BCUT2D eigenvalue weighted by atomic mass is 32.2. The van der Waals surface area contributed by atoms with Gasteiger partial charge in [-0.05, 0) is 78.9 Å². The molecule has 4 aromatic rings. The molecule has 0 saturated carbocycles. The van der Waals surface area contributed by atoms with Gasteiger partial charge in [-0.3, -0.25) is 9.88 Å². The van der Waals surface area contributed by atoms with Crippen molar-refractivity contribution in [3.05, 3.63) is 83.6 Å². The van der Waals surface area contributed by atoms with Gasteiger partial charge in [0.15, 0.2) is 0 Å². The summed E-state index contributed by atoms with van der Waals surface area (Å²) in [4.78, 5) is 6.73. The number of pyridine rings is 1. The summed E-state index contributed by atoms with van der Waals surface area (Å²) in [5.41, 5.74) is 4.56. The van der Waals surface area contributed by atoms with E-state index >= 15 is 0 Å². The van der Waals surface area contributed by atoms with Crippen molar-refractivity contribution in [2.45, 2.75) is 38.6 Å². The molecule has 37 heavy (non-hydrogen) atoms. The standard InChI is InChI=1S/C28H32FN5O2S/c1-19(2)17-32-11-12-33(37(35,36)28-16-30-10-9-20(28)3)18-27(32)25-14-22-15-31-34(26(22)13-21(25)4)24-7-5-23(29)6-8-24/h5-10,13-16,19,27H,11-12,17-18H2,1-4H3/t27-/m1/s1. The minimum absolute atomic E-state index is 0.0959. The van der Waals surface area contributed by atoms with Crippen LogP contribution in [0.1, 0.15) is 36.6 Å². The number of nitrogens with zero attached hydrogens (tertiary/aromatic N) is 5. The van der Waals surface area contributed by atoms with E-state index < -0.39 is 10.0 Å². The number of hydrogen-bond donors (Lipinski definition) is 0. The summed E-state index contributed by atoms with van der Waals surface area (Å²) in [7, 11) is -3.68. The van der Waals surface area contributed by atoms with E-state index in [9.17, 15) is 12.8 Å². The number of aryl methyl sites for hydroxylation is 2. The second kappa shape index (κ2) is 9.96. The van der Waals surface area contributed by atoms with Crippen LogP contribution in [-0.2, 0) is 10.0 Å². The molecule has 9 heteroatoms. The van der Waals surface area contributed by atoms with Crippen molar-refractivity contribution in [3.8, 4) is 5.69 Å². The number of fused-ring (bicyclic) bond motifs is 1. The lowest BCUT2D eigenvalue weighted by molar-refractivity contribution is 0.105. The third-order valence-corrected chi connectivity index (χ3v) is 9.04. The number of aromatic nitrogens is 3. The number of hydrogen-bond acceptors (Lipinski definition) is 5. The molecule has 0 aliphatic carbocycles. The lowest BCUT2D eigenvalue weighted by Gasteiger charge is -2.42. The Bertz CT molecular complexity index is 1530. The van der Waals surface area contributed by atoms with Crippen LogP contribution < -0.4 is 0 Å². The van der Waals surface area contributed by atoms with Crippen LogP contribution in [0.2, 0.25) is 0 Å². The molecule has 0 spiro atoms. The average molecular weight is 522 g/mol. The first-order valence-corrected chi connectivity index (χ1v) is 14.0. The molecule has 0 bridgehead atoms. The molecule has 1 atom stereocenters. The van der Waals surface area contributed by atoms with Crippen molar-refractivity contribution in [2.75, 3.05) is 26.2 Å². The highest BCUT2D eigenvalue weighted by Crippen LogP contribution is 2.34. The highest BCUT2D eigenvalue weighted by Gasteiger charge is 2.36. The topological polar surface area (TPSA) is 71.3 Å². The third kappa shape index (κ3) is 4.91. The molecule has 2 aromatic heterocycles. The summed E-state index contributed by atoms with van der Waals surface area (Å²) < 4.78 is 44.1. The minimum Gasteiger partial charge on any atom is -0.293 e. The maximum Gasteiger partial charge on any atom is 0.244 e. The minimum atomic E-state index is -3.68. The molecule has 1 fully saturated rings. The zero-order valence-electron chi connectivity index (χ0n) is 21.6. The first kappa shape index (κ1) is 25.5. The zero-order chi connectivity index (χ0) is 26.3. The van der Waals surface area contributed by atoms with Gasteiger partial charge < -0.3 is 0 Å². The summed E-state index contributed by atoms with van der Waals surface area (Å²) in [6, 6.07) is 12.1. The quantitative estimate of drug-likeness (QED) is 0.362. The maximum absolute atomic E-state index is 13.6. The number of halogens is 1. The first-order valence-electron chi connectivity index (χ1n) is 12.5. The van der Waals surface area contributed by atoms with E-state index in [0.29, 0.717) is 31.1 Å². The molecule has 0 amide bonds. The van der Waals surface area contributed by atoms with Crippen LogP contribution in [0, 0.1) is 25.6 Å². The Morgan fingerprint density at radius 2 is 1.78 bits per heavy atom. The molecule has 1 aliphatic rings. The fourth-order valence-electron chi connectivity index (χ4n) is 5.20. The van der Waals surface area contributed by atoms with Crippen molar-refractivity contribution in [2.24, 2.45) is 5.92 Å². The van der Waals surface area contributed by atoms with E-state index in [-0.39, 0.29) is 16.8 Å². The number of sulfonamides is 1. The Morgan fingerprint density at radius 3 is 2.49 bits per heavy atom. The summed E-state index contributed by atoms with van der Waals surface area (Å²) in [5, 5.41) is 5.52. The van der Waals surface area contributed by atoms with Crippen molar-refractivity contribution in [3.63, 3.8) is 0 Å². The van der Waals surface area contributed by atoms with E-state index in [1.54, 1.807) is 40.3 Å². The third-order valence-electron chi connectivity index (χ3n) is 7.05. The monoisotopic (exact) mass is 521 g/mol. The van der Waals surface area contributed by atoms with Gasteiger partial charge in [-0.25, -0.2) is 17.5 Å². The average Bonchev–Trinajstić information content (AvgIpc) is 3.26. The van der Waals surface area contributed by atoms with Gasteiger partial charge in [-0.2, -0.15) is 9.40 Å². The van der Waals surface area contributed by atoms with E-state index in [4.69, 9.17) is 0 Å². The highest BCUT2D eigenvalue weighted by molar-refractivity contribution is 7.89. The van der Waals surface area contributed by atoms with Gasteiger partial charge in [0.1, 0.15) is 10.7 Å². The summed E-state index contributed by atoms with van der Waals surface area (Å²) in [6.45, 7) is 10.5. The lowest BCUT2D eigenvalue weighted by Crippen LogP contribution is -2.51. The molecule has 0 N–H and O–H groups in total. The lowest BCUT2D eigenvalue weighted by atomic mass is 9.96. The van der Waals surface area contributed by atoms with Crippen molar-refractivity contribution >= 4 is 20.9 Å². The Labute approximate surface area is 217 Å². The van der Waals surface area contributed by atoms with E-state index in [1.807, 2.05) is 6.20 Å². The van der Waals surface area contributed by atoms with Gasteiger partial charge in [0.05, 0.1) is 17.4 Å². The molecule has 0 radical (unpaired) electrons. The Kier molecular flexibility index (Phi) is 6.87. The summed E-state index contributed by atoms with van der Waals surface area (Å²) in [6.07, 6.45) is 4.87. The molecule has 5 rings (SSSR count). The molecule has 7 nitrogen and oxygen atoms in total. The maximum atomic E-state index is 13.6. The fourth-order valence-corrected chi connectivity index (χ4v) is 6.80. The summed E-state index contributed by atoms with van der Waals surface area (Å²) in [5.74, 6) is 0.152. The smallest absolute Gasteiger partial charge is 0.244 e. The molecule has 1 aliphatic heterocycles. The number of benzene rings is 2. The Hall–Kier alpha value is -3.14. The van der Waals surface area contributed by atoms with Crippen molar-refractivity contribution in [1.29, 1.82) is 0 Å². The van der Waals surface area contributed by atoms with Crippen LogP contribution in [0.4, 0.5) is 4.39 Å². The number of rotatable bonds is 6. The molecule has 194 valence electrons. The van der Waals surface area contributed by atoms with Gasteiger partial charge >= 0.3 is 0 Å². The molecule has 2 aromatic carbocycles. The summed E-state index contributed by atoms with van der Waals surface area (Å²) >= 11 is 0. The van der Waals surface area contributed by atoms with Crippen LogP contribution in [0.25, 0.3) is 16.6 Å². The van der Waals surface area contributed by atoms with Crippen LogP contribution in [0.3, 0.4) is 0 Å². The SMILES string of the molecule is Cc1cc2c(cnn2-c2ccc(F)cc2)cc1[C@H]1CN(S(=O)(=O)c2cnccc2C)CCN1CC(C)C. The predicted octanol–water partition coefficient (Wildman–Crippen LogP) is 4.88. The fraction of sp³-hybridized carbons (Fsp3) is 0.357. The Morgan fingerprint density at radius 1 is 1.03 bits per heavy atom. The largest absolute Gasteiger partial charge is 0.293 e. The van der Waals surface area contributed by atoms with E-state index in [1.165, 1.54) is 18.3 Å². The van der Waals surface area contributed by atoms with Gasteiger partial charge in [0.25, 0.3) is 0 Å². The second-order valence-corrected chi connectivity index (χ2v) is 12.1. The Balaban J connectivity index is 1.54. The molecule has 0 unspecified atom stereocenters. The first-order chi connectivity index (χ1) is 17.6. The number of piperazine rings is 1. The van der Waals surface area contributed by atoms with E-state index in [0.717, 1.165) is 34.3 Å².